The van der Waals surface area contributed by atoms with Crippen molar-refractivity contribution >= 4 is 44.5 Å². The molecule has 2 aromatic rings. The molecule has 0 amide bonds. The highest BCUT2D eigenvalue weighted by Crippen LogP contribution is 2.39. The second-order valence-electron chi connectivity index (χ2n) is 4.52. The molecule has 1 aliphatic heterocycles. The first-order valence-electron chi connectivity index (χ1n) is 6.10. The summed E-state index contributed by atoms with van der Waals surface area (Å²) in [7, 11) is -3.49. The third-order valence-electron chi connectivity index (χ3n) is 3.06. The van der Waals surface area contributed by atoms with Crippen molar-refractivity contribution in [3.8, 4) is 0 Å². The molecule has 0 radical (unpaired) electrons. The van der Waals surface area contributed by atoms with Crippen molar-refractivity contribution in [2.75, 3.05) is 22.3 Å². The standard InChI is InChI=1S/C13H14N2O2S3/c1-9-2-5-13(19-9)20(16,17)15-6-7-18-12-4-3-10(14)8-11(12)15/h2-5,8H,6-7,14H2,1H3. The summed E-state index contributed by atoms with van der Waals surface area (Å²) in [6, 6.07) is 8.92. The monoisotopic (exact) mass is 326 g/mol. The van der Waals surface area contributed by atoms with E-state index in [9.17, 15) is 8.42 Å². The predicted octanol–water partition coefficient (Wildman–Crippen LogP) is 2.94. The number of thiophene rings is 1. The molecule has 3 rings (SSSR count). The summed E-state index contributed by atoms with van der Waals surface area (Å²) < 4.78 is 27.4. The number of anilines is 2. The zero-order valence-electron chi connectivity index (χ0n) is 10.9. The van der Waals surface area contributed by atoms with Gasteiger partial charge in [-0.2, -0.15) is 0 Å². The Morgan fingerprint density at radius 2 is 2.05 bits per heavy atom. The fourth-order valence-corrected chi connectivity index (χ4v) is 6.14. The SMILES string of the molecule is Cc1ccc(S(=O)(=O)N2CCSc3ccc(N)cc32)s1. The van der Waals surface area contributed by atoms with Crippen LogP contribution in [0, 0.1) is 6.92 Å². The van der Waals surface area contributed by atoms with Gasteiger partial charge >= 0.3 is 0 Å². The summed E-state index contributed by atoms with van der Waals surface area (Å²) in [6.07, 6.45) is 0. The van der Waals surface area contributed by atoms with Gasteiger partial charge < -0.3 is 5.73 Å². The largest absolute Gasteiger partial charge is 0.399 e. The number of nitrogen functional groups attached to an aromatic ring is 1. The number of sulfonamides is 1. The number of rotatable bonds is 2. The Kier molecular flexibility index (Phi) is 3.43. The molecule has 7 heteroatoms. The molecule has 0 bridgehead atoms. The van der Waals surface area contributed by atoms with Gasteiger partial charge in [-0.15, -0.1) is 23.1 Å². The van der Waals surface area contributed by atoms with Crippen molar-refractivity contribution in [2.45, 2.75) is 16.0 Å². The highest BCUT2D eigenvalue weighted by atomic mass is 32.2. The van der Waals surface area contributed by atoms with Crippen LogP contribution in [0.1, 0.15) is 4.88 Å². The van der Waals surface area contributed by atoms with Crippen molar-refractivity contribution in [1.82, 2.24) is 0 Å². The number of benzene rings is 1. The Hall–Kier alpha value is -1.18. The van der Waals surface area contributed by atoms with Gasteiger partial charge in [0.1, 0.15) is 4.21 Å². The van der Waals surface area contributed by atoms with Gasteiger partial charge in [0.25, 0.3) is 10.0 Å². The molecule has 1 aromatic heterocycles. The van der Waals surface area contributed by atoms with E-state index in [1.165, 1.54) is 15.6 Å². The smallest absolute Gasteiger partial charge is 0.273 e. The Balaban J connectivity index is 2.10. The minimum atomic E-state index is -3.49. The van der Waals surface area contributed by atoms with Gasteiger partial charge in [0.2, 0.25) is 0 Å². The summed E-state index contributed by atoms with van der Waals surface area (Å²) in [5.41, 5.74) is 7.07. The van der Waals surface area contributed by atoms with E-state index in [4.69, 9.17) is 5.73 Å². The van der Waals surface area contributed by atoms with Crippen molar-refractivity contribution in [3.05, 3.63) is 35.2 Å². The molecule has 0 unspecified atom stereocenters. The molecular formula is C13H14N2O2S3. The number of nitrogens with two attached hydrogens (primary N) is 1. The van der Waals surface area contributed by atoms with E-state index in [2.05, 4.69) is 0 Å². The Bertz CT molecular complexity index is 753. The van der Waals surface area contributed by atoms with Crippen LogP contribution in [-0.4, -0.2) is 20.7 Å². The molecule has 2 heterocycles. The number of nitrogens with zero attached hydrogens (tertiary/aromatic N) is 1. The van der Waals surface area contributed by atoms with Gasteiger partial charge in [-0.25, -0.2) is 8.42 Å². The van der Waals surface area contributed by atoms with Gasteiger partial charge in [-0.1, -0.05) is 0 Å². The second kappa shape index (κ2) is 4.98. The maximum absolute atomic E-state index is 12.8. The van der Waals surface area contributed by atoms with Crippen molar-refractivity contribution < 1.29 is 8.42 Å². The molecule has 4 nitrogen and oxygen atoms in total. The van der Waals surface area contributed by atoms with Crippen molar-refractivity contribution in [3.63, 3.8) is 0 Å². The van der Waals surface area contributed by atoms with E-state index in [1.807, 2.05) is 19.1 Å². The average molecular weight is 326 g/mol. The van der Waals surface area contributed by atoms with Gasteiger partial charge in [0, 0.05) is 27.8 Å². The molecule has 2 N–H and O–H groups in total. The summed E-state index contributed by atoms with van der Waals surface area (Å²) in [6.45, 7) is 2.38. The van der Waals surface area contributed by atoms with E-state index in [0.717, 1.165) is 15.5 Å². The molecule has 20 heavy (non-hydrogen) atoms. The zero-order chi connectivity index (χ0) is 14.3. The molecule has 0 atom stereocenters. The minimum absolute atomic E-state index is 0.385. The van der Waals surface area contributed by atoms with Crippen molar-refractivity contribution in [1.29, 1.82) is 0 Å². The summed E-state index contributed by atoms with van der Waals surface area (Å²) >= 11 is 2.96. The first-order valence-corrected chi connectivity index (χ1v) is 9.34. The number of hydrogen-bond acceptors (Lipinski definition) is 5. The maximum Gasteiger partial charge on any atom is 0.273 e. The van der Waals surface area contributed by atoms with Crippen LogP contribution in [-0.2, 0) is 10.0 Å². The predicted molar refractivity (Wildman–Crippen MR) is 85.2 cm³/mol. The third-order valence-corrected chi connectivity index (χ3v) is 7.39. The average Bonchev–Trinajstić information content (AvgIpc) is 2.85. The zero-order valence-corrected chi connectivity index (χ0v) is 13.3. The summed E-state index contributed by atoms with van der Waals surface area (Å²) in [5.74, 6) is 0.751. The highest BCUT2D eigenvalue weighted by molar-refractivity contribution is 8.00. The molecule has 0 fully saturated rings. The molecule has 106 valence electrons. The first-order chi connectivity index (χ1) is 9.48. The quantitative estimate of drug-likeness (QED) is 0.862. The lowest BCUT2D eigenvalue weighted by atomic mass is 10.3. The molecular weight excluding hydrogens is 312 g/mol. The van der Waals surface area contributed by atoms with Crippen molar-refractivity contribution in [2.24, 2.45) is 0 Å². The van der Waals surface area contributed by atoms with Crippen LogP contribution in [0.3, 0.4) is 0 Å². The fourth-order valence-electron chi connectivity index (χ4n) is 2.12. The molecule has 0 saturated carbocycles. The Labute approximate surface area is 126 Å². The van der Waals surface area contributed by atoms with Gasteiger partial charge in [-0.05, 0) is 37.3 Å². The Morgan fingerprint density at radius 3 is 2.75 bits per heavy atom. The third kappa shape index (κ3) is 2.30. The van der Waals surface area contributed by atoms with Crippen LogP contribution in [0.5, 0.6) is 0 Å². The second-order valence-corrected chi connectivity index (χ2v) is 9.03. The molecule has 1 aliphatic rings. The van der Waals surface area contributed by atoms with Gasteiger partial charge in [0.05, 0.1) is 5.69 Å². The van der Waals surface area contributed by atoms with Crippen LogP contribution in [0.15, 0.2) is 39.4 Å². The van der Waals surface area contributed by atoms with Crippen LogP contribution in [0.4, 0.5) is 11.4 Å². The minimum Gasteiger partial charge on any atom is -0.399 e. The molecule has 0 saturated heterocycles. The van der Waals surface area contributed by atoms with Crippen LogP contribution in [0.25, 0.3) is 0 Å². The van der Waals surface area contributed by atoms with Gasteiger partial charge in [-0.3, -0.25) is 4.31 Å². The lowest BCUT2D eigenvalue weighted by molar-refractivity contribution is 0.593. The number of hydrogen-bond donors (Lipinski definition) is 1. The lowest BCUT2D eigenvalue weighted by Crippen LogP contribution is -2.35. The summed E-state index contributed by atoms with van der Waals surface area (Å²) in [4.78, 5) is 1.95. The first kappa shape index (κ1) is 13.8. The number of aryl methyl sites for hydroxylation is 1. The Morgan fingerprint density at radius 1 is 1.25 bits per heavy atom. The molecule has 1 aromatic carbocycles. The number of thioether (sulfide) groups is 1. The van der Waals surface area contributed by atoms with E-state index < -0.39 is 10.0 Å². The normalized spacial score (nSPS) is 15.2. The van der Waals surface area contributed by atoms with Crippen LogP contribution < -0.4 is 10.0 Å². The van der Waals surface area contributed by atoms with Crippen LogP contribution >= 0.6 is 23.1 Å². The fraction of sp³-hybridized carbons (Fsp3) is 0.231. The highest BCUT2D eigenvalue weighted by Gasteiger charge is 2.30. The van der Waals surface area contributed by atoms with E-state index in [1.54, 1.807) is 30.0 Å². The van der Waals surface area contributed by atoms with E-state index in [-0.39, 0.29) is 0 Å². The van der Waals surface area contributed by atoms with E-state index >= 15 is 0 Å². The lowest BCUT2D eigenvalue weighted by Gasteiger charge is -2.29. The molecule has 0 spiro atoms. The summed E-state index contributed by atoms with van der Waals surface area (Å²) in [5, 5.41) is 0. The van der Waals surface area contributed by atoms with E-state index in [0.29, 0.717) is 22.1 Å². The van der Waals surface area contributed by atoms with Gasteiger partial charge in [0.15, 0.2) is 0 Å². The number of fused-ring (bicyclic) bond motifs is 1. The maximum atomic E-state index is 12.8. The molecule has 0 aliphatic carbocycles. The topological polar surface area (TPSA) is 63.4 Å². The van der Waals surface area contributed by atoms with Crippen LogP contribution in [0.2, 0.25) is 0 Å².